The van der Waals surface area contributed by atoms with Crippen LogP contribution in [0.3, 0.4) is 0 Å². The van der Waals surface area contributed by atoms with Crippen molar-refractivity contribution in [2.45, 2.75) is 39.7 Å². The van der Waals surface area contributed by atoms with Crippen LogP contribution in [0.2, 0.25) is 0 Å². The van der Waals surface area contributed by atoms with Gasteiger partial charge in [-0.1, -0.05) is 13.8 Å². The van der Waals surface area contributed by atoms with Gasteiger partial charge in [0.1, 0.15) is 5.75 Å². The minimum Gasteiger partial charge on any atom is -0.483 e. The Labute approximate surface area is 176 Å². The molecule has 158 valence electrons. The molecular formula is C23H27N3O4. The molecule has 0 spiro atoms. The number of hydrogen-bond acceptors (Lipinski definition) is 6. The van der Waals surface area contributed by atoms with Crippen LogP contribution >= 0.6 is 0 Å². The number of ether oxygens (including phenoxy) is 2. The third kappa shape index (κ3) is 5.74. The van der Waals surface area contributed by atoms with Gasteiger partial charge in [-0.2, -0.15) is 5.26 Å². The number of nitrogens with two attached hydrogens (primary N) is 1. The summed E-state index contributed by atoms with van der Waals surface area (Å²) in [4.78, 5) is 23.9. The molecule has 2 rings (SSSR count). The number of nitrogens with zero attached hydrogens (tertiary/aromatic N) is 1. The number of esters is 1. The predicted molar refractivity (Wildman–Crippen MR) is 114 cm³/mol. The zero-order valence-electron chi connectivity index (χ0n) is 17.7. The molecule has 0 aliphatic rings. The Kier molecular flexibility index (Phi) is 7.82. The van der Waals surface area contributed by atoms with Crippen LogP contribution in [-0.4, -0.2) is 25.1 Å². The highest BCUT2D eigenvalue weighted by Crippen LogP contribution is 2.34. The molecule has 0 radical (unpaired) electrons. The van der Waals surface area contributed by atoms with Gasteiger partial charge in [0.25, 0.3) is 5.91 Å². The van der Waals surface area contributed by atoms with Gasteiger partial charge in [0.15, 0.2) is 12.6 Å². The van der Waals surface area contributed by atoms with Crippen molar-refractivity contribution in [2.24, 2.45) is 5.73 Å². The third-order valence-electron chi connectivity index (χ3n) is 4.55. The minimum absolute atomic E-state index is 0.0879. The number of aryl methyl sites for hydroxylation is 1. The number of primary amides is 1. The van der Waals surface area contributed by atoms with E-state index < -0.39 is 17.9 Å². The number of hydrogen-bond donors (Lipinski definition) is 2. The zero-order valence-corrected chi connectivity index (χ0v) is 17.7. The van der Waals surface area contributed by atoms with Crippen molar-refractivity contribution in [1.82, 2.24) is 0 Å². The number of rotatable bonds is 9. The van der Waals surface area contributed by atoms with Crippen molar-refractivity contribution in [2.75, 3.05) is 18.5 Å². The molecule has 0 fully saturated rings. The summed E-state index contributed by atoms with van der Waals surface area (Å²) in [6.45, 7) is 7.65. The summed E-state index contributed by atoms with van der Waals surface area (Å²) in [5, 5.41) is 12.2. The molecule has 7 heteroatoms. The average molecular weight is 409 g/mol. The van der Waals surface area contributed by atoms with E-state index in [9.17, 15) is 9.59 Å². The smallest absolute Gasteiger partial charge is 0.333 e. The van der Waals surface area contributed by atoms with Gasteiger partial charge in [-0.25, -0.2) is 4.79 Å². The van der Waals surface area contributed by atoms with E-state index >= 15 is 0 Å². The Morgan fingerprint density at radius 1 is 1.17 bits per heavy atom. The average Bonchev–Trinajstić information content (AvgIpc) is 2.71. The fourth-order valence-electron chi connectivity index (χ4n) is 3.05. The monoisotopic (exact) mass is 409 g/mol. The molecule has 0 aromatic heterocycles. The highest BCUT2D eigenvalue weighted by Gasteiger charge is 2.26. The molecule has 30 heavy (non-hydrogen) atoms. The molecule has 2 aromatic carbocycles. The van der Waals surface area contributed by atoms with Crippen molar-refractivity contribution in [3.8, 4) is 11.8 Å². The van der Waals surface area contributed by atoms with Crippen molar-refractivity contribution in [3.63, 3.8) is 0 Å². The number of nitriles is 1. The lowest BCUT2D eigenvalue weighted by Gasteiger charge is -2.23. The second kappa shape index (κ2) is 10.3. The van der Waals surface area contributed by atoms with Crippen LogP contribution in [-0.2, 0) is 14.3 Å². The second-order valence-electron chi connectivity index (χ2n) is 7.17. The second-order valence-corrected chi connectivity index (χ2v) is 7.17. The molecule has 0 bridgehead atoms. The maximum atomic E-state index is 12.8. The summed E-state index contributed by atoms with van der Waals surface area (Å²) < 4.78 is 10.9. The van der Waals surface area contributed by atoms with E-state index in [-0.39, 0.29) is 19.1 Å². The Morgan fingerprint density at radius 3 is 2.37 bits per heavy atom. The summed E-state index contributed by atoms with van der Waals surface area (Å²) in [5.41, 5.74) is 8.83. The van der Waals surface area contributed by atoms with Gasteiger partial charge in [0, 0.05) is 5.69 Å². The molecule has 1 atom stereocenters. The van der Waals surface area contributed by atoms with Gasteiger partial charge in [-0.05, 0) is 72.9 Å². The normalized spacial score (nSPS) is 11.5. The van der Waals surface area contributed by atoms with Gasteiger partial charge in [-0.15, -0.1) is 0 Å². The van der Waals surface area contributed by atoms with E-state index in [1.165, 1.54) is 0 Å². The van der Waals surface area contributed by atoms with Crippen molar-refractivity contribution in [1.29, 1.82) is 5.26 Å². The first-order valence-corrected chi connectivity index (χ1v) is 9.75. The number of anilines is 1. The zero-order chi connectivity index (χ0) is 22.3. The topological polar surface area (TPSA) is 114 Å². The fourth-order valence-corrected chi connectivity index (χ4v) is 3.05. The maximum absolute atomic E-state index is 12.8. The van der Waals surface area contributed by atoms with E-state index in [2.05, 4.69) is 11.4 Å². The van der Waals surface area contributed by atoms with E-state index in [0.717, 1.165) is 16.7 Å². The third-order valence-corrected chi connectivity index (χ3v) is 4.55. The number of nitrogens with one attached hydrogen (secondary N) is 1. The molecule has 0 aliphatic carbocycles. The van der Waals surface area contributed by atoms with E-state index in [1.54, 1.807) is 37.3 Å². The SMILES string of the molecule is CCOC(=O)C(Nc1ccc(C#N)cc1)c1cc(C(C)C)c(OCC(N)=O)cc1C. The van der Waals surface area contributed by atoms with Crippen LogP contribution in [0.15, 0.2) is 36.4 Å². The summed E-state index contributed by atoms with van der Waals surface area (Å²) in [5.74, 6) is -0.320. The Balaban J connectivity index is 2.47. The van der Waals surface area contributed by atoms with Crippen LogP contribution in [0.4, 0.5) is 5.69 Å². The predicted octanol–water partition coefficient (Wildman–Crippen LogP) is 3.57. The highest BCUT2D eigenvalue weighted by atomic mass is 16.5. The number of amides is 1. The maximum Gasteiger partial charge on any atom is 0.333 e. The molecule has 0 aliphatic heterocycles. The number of benzene rings is 2. The van der Waals surface area contributed by atoms with Crippen molar-refractivity contribution >= 4 is 17.6 Å². The fraction of sp³-hybridized carbons (Fsp3) is 0.348. The molecule has 1 unspecified atom stereocenters. The number of carbonyl (C=O) groups is 2. The van der Waals surface area contributed by atoms with Crippen LogP contribution < -0.4 is 15.8 Å². The quantitative estimate of drug-likeness (QED) is 0.612. The molecule has 0 saturated carbocycles. The first kappa shape index (κ1) is 22.8. The van der Waals surface area contributed by atoms with E-state index in [4.69, 9.17) is 20.5 Å². The van der Waals surface area contributed by atoms with E-state index in [0.29, 0.717) is 17.0 Å². The number of carbonyl (C=O) groups excluding carboxylic acids is 2. The first-order valence-electron chi connectivity index (χ1n) is 9.75. The Morgan fingerprint density at radius 2 is 1.83 bits per heavy atom. The Hall–Kier alpha value is -3.53. The molecular weight excluding hydrogens is 382 g/mol. The lowest BCUT2D eigenvalue weighted by atomic mass is 9.92. The van der Waals surface area contributed by atoms with Crippen LogP contribution in [0.1, 0.15) is 55.0 Å². The van der Waals surface area contributed by atoms with Crippen LogP contribution in [0.25, 0.3) is 0 Å². The van der Waals surface area contributed by atoms with Crippen LogP contribution in [0, 0.1) is 18.3 Å². The summed E-state index contributed by atoms with van der Waals surface area (Å²) in [6.07, 6.45) is 0. The minimum atomic E-state index is -0.749. The molecule has 0 saturated heterocycles. The summed E-state index contributed by atoms with van der Waals surface area (Å²) in [7, 11) is 0. The van der Waals surface area contributed by atoms with Gasteiger partial charge in [-0.3, -0.25) is 4.79 Å². The summed E-state index contributed by atoms with van der Waals surface area (Å²) in [6, 6.07) is 11.9. The first-order chi connectivity index (χ1) is 14.3. The van der Waals surface area contributed by atoms with Gasteiger partial charge >= 0.3 is 5.97 Å². The Bertz CT molecular complexity index is 946. The van der Waals surface area contributed by atoms with Crippen LogP contribution in [0.5, 0.6) is 5.75 Å². The molecule has 0 heterocycles. The highest BCUT2D eigenvalue weighted by molar-refractivity contribution is 5.82. The summed E-state index contributed by atoms with van der Waals surface area (Å²) >= 11 is 0. The molecule has 7 nitrogen and oxygen atoms in total. The van der Waals surface area contributed by atoms with Gasteiger partial charge in [0.05, 0.1) is 18.2 Å². The van der Waals surface area contributed by atoms with Gasteiger partial charge < -0.3 is 20.5 Å². The molecule has 2 aromatic rings. The molecule has 3 N–H and O–H groups in total. The largest absolute Gasteiger partial charge is 0.483 e. The van der Waals surface area contributed by atoms with E-state index in [1.807, 2.05) is 26.8 Å². The van der Waals surface area contributed by atoms with Crippen molar-refractivity contribution < 1.29 is 19.1 Å². The lowest BCUT2D eigenvalue weighted by Crippen LogP contribution is -2.25. The molecule has 1 amide bonds. The van der Waals surface area contributed by atoms with Gasteiger partial charge in [0.2, 0.25) is 0 Å². The lowest BCUT2D eigenvalue weighted by molar-refractivity contribution is -0.144. The van der Waals surface area contributed by atoms with Crippen molar-refractivity contribution in [3.05, 3.63) is 58.7 Å². The standard InChI is InChI=1S/C23H27N3O4/c1-5-29-23(28)22(26-17-8-6-16(12-24)7-9-17)19-11-18(14(2)3)20(10-15(19)4)30-13-21(25)27/h6-11,14,22,26H,5,13H2,1-4H3,(H2,25,27).